The largest absolute Gasteiger partial charge is 0.369 e. The zero-order valence-corrected chi connectivity index (χ0v) is 12.4. The number of halogens is 1. The molecule has 1 aromatic heterocycles. The molecule has 2 rings (SSSR count). The first kappa shape index (κ1) is 14.5. The summed E-state index contributed by atoms with van der Waals surface area (Å²) in [7, 11) is 0. The average molecular weight is 286 g/mol. The van der Waals surface area contributed by atoms with Gasteiger partial charge in [-0.05, 0) is 20.3 Å². The van der Waals surface area contributed by atoms with E-state index in [4.69, 9.17) is 21.1 Å². The average Bonchev–Trinajstić information content (AvgIpc) is 2.76. The van der Waals surface area contributed by atoms with Crippen molar-refractivity contribution in [3.8, 4) is 0 Å². The van der Waals surface area contributed by atoms with E-state index in [1.54, 1.807) is 0 Å². The van der Waals surface area contributed by atoms with Crippen LogP contribution < -0.4 is 5.32 Å². The quantitative estimate of drug-likeness (QED) is 0.843. The Morgan fingerprint density at radius 3 is 2.63 bits per heavy atom. The van der Waals surface area contributed by atoms with Crippen LogP contribution in [-0.2, 0) is 15.9 Å². The third-order valence-corrected chi connectivity index (χ3v) is 3.50. The van der Waals surface area contributed by atoms with Crippen molar-refractivity contribution in [2.75, 3.05) is 25.1 Å². The maximum Gasteiger partial charge on any atom is 0.167 e. The van der Waals surface area contributed by atoms with Crippen molar-refractivity contribution in [3.05, 3.63) is 16.5 Å². The monoisotopic (exact) mass is 285 g/mol. The van der Waals surface area contributed by atoms with Gasteiger partial charge in [0.15, 0.2) is 5.79 Å². The topological polar surface area (TPSA) is 56.3 Å². The number of nitrogens with one attached hydrogen (secondary N) is 1. The summed E-state index contributed by atoms with van der Waals surface area (Å²) in [6.07, 6.45) is 1.56. The third kappa shape index (κ3) is 3.55. The predicted octanol–water partition coefficient (Wildman–Crippen LogP) is 2.57. The molecule has 2 heterocycles. The summed E-state index contributed by atoms with van der Waals surface area (Å²) < 4.78 is 11.1. The van der Waals surface area contributed by atoms with E-state index in [0.717, 1.165) is 30.8 Å². The number of ether oxygens (including phenoxy) is 2. The zero-order valence-electron chi connectivity index (χ0n) is 11.6. The molecule has 0 atom stereocenters. The van der Waals surface area contributed by atoms with E-state index in [-0.39, 0.29) is 0 Å². The van der Waals surface area contributed by atoms with Crippen molar-refractivity contribution in [1.29, 1.82) is 0 Å². The fourth-order valence-electron chi connectivity index (χ4n) is 2.13. The maximum absolute atomic E-state index is 6.13. The summed E-state index contributed by atoms with van der Waals surface area (Å²) in [6, 6.07) is 0. The van der Waals surface area contributed by atoms with E-state index < -0.39 is 5.79 Å². The van der Waals surface area contributed by atoms with Crippen LogP contribution in [0, 0.1) is 6.92 Å². The van der Waals surface area contributed by atoms with Crippen LogP contribution in [0.2, 0.25) is 5.15 Å². The lowest BCUT2D eigenvalue weighted by atomic mass is 10.2. The van der Waals surface area contributed by atoms with Crippen molar-refractivity contribution >= 4 is 17.4 Å². The van der Waals surface area contributed by atoms with Gasteiger partial charge in [0.1, 0.15) is 16.8 Å². The molecule has 1 aromatic rings. The Bertz CT molecular complexity index is 448. The van der Waals surface area contributed by atoms with Crippen LogP contribution in [0.3, 0.4) is 0 Å². The highest BCUT2D eigenvalue weighted by atomic mass is 35.5. The molecule has 0 aliphatic carbocycles. The van der Waals surface area contributed by atoms with E-state index in [0.29, 0.717) is 24.2 Å². The molecule has 0 unspecified atom stereocenters. The normalized spacial score (nSPS) is 17.7. The molecule has 0 aromatic carbocycles. The van der Waals surface area contributed by atoms with E-state index in [2.05, 4.69) is 15.3 Å². The molecule has 0 radical (unpaired) electrons. The number of rotatable bonds is 5. The minimum atomic E-state index is -0.481. The van der Waals surface area contributed by atoms with Crippen LogP contribution in [0.25, 0.3) is 0 Å². The van der Waals surface area contributed by atoms with Crippen LogP contribution in [0.5, 0.6) is 0 Å². The minimum absolute atomic E-state index is 0.481. The highest BCUT2D eigenvalue weighted by molar-refractivity contribution is 6.30. The van der Waals surface area contributed by atoms with Gasteiger partial charge in [-0.25, -0.2) is 9.97 Å². The Kier molecular flexibility index (Phi) is 4.60. The van der Waals surface area contributed by atoms with Crippen molar-refractivity contribution in [1.82, 2.24) is 9.97 Å². The number of aromatic nitrogens is 2. The van der Waals surface area contributed by atoms with Gasteiger partial charge in [0.2, 0.25) is 0 Å². The van der Waals surface area contributed by atoms with Gasteiger partial charge in [0.05, 0.1) is 13.2 Å². The molecular weight excluding hydrogens is 266 g/mol. The van der Waals surface area contributed by atoms with Gasteiger partial charge >= 0.3 is 0 Å². The summed E-state index contributed by atoms with van der Waals surface area (Å²) in [5.74, 6) is 0.997. The molecule has 0 spiro atoms. The molecule has 1 aliphatic rings. The Morgan fingerprint density at radius 1 is 1.32 bits per heavy atom. The Balaban J connectivity index is 1.99. The minimum Gasteiger partial charge on any atom is -0.369 e. The first-order valence-corrected chi connectivity index (χ1v) is 6.96. The maximum atomic E-state index is 6.13. The second-order valence-corrected chi connectivity index (χ2v) is 5.11. The van der Waals surface area contributed by atoms with Gasteiger partial charge in [0, 0.05) is 18.5 Å². The van der Waals surface area contributed by atoms with Crippen LogP contribution in [0.1, 0.15) is 31.7 Å². The van der Waals surface area contributed by atoms with E-state index in [1.807, 2.05) is 20.8 Å². The third-order valence-electron chi connectivity index (χ3n) is 3.19. The summed E-state index contributed by atoms with van der Waals surface area (Å²) >= 11 is 6.13. The second-order valence-electron chi connectivity index (χ2n) is 4.75. The Morgan fingerprint density at radius 2 is 2.00 bits per heavy atom. The molecule has 5 nitrogen and oxygen atoms in total. The van der Waals surface area contributed by atoms with Gasteiger partial charge < -0.3 is 14.8 Å². The fourth-order valence-corrected chi connectivity index (χ4v) is 2.48. The summed E-state index contributed by atoms with van der Waals surface area (Å²) in [4.78, 5) is 8.57. The summed E-state index contributed by atoms with van der Waals surface area (Å²) in [5, 5.41) is 3.83. The molecule has 19 heavy (non-hydrogen) atoms. The van der Waals surface area contributed by atoms with Gasteiger partial charge in [-0.1, -0.05) is 18.5 Å². The SMILES string of the molecule is CCc1c(Cl)nc(C)nc1NCCC1(C)OCCO1. The molecule has 106 valence electrons. The lowest BCUT2D eigenvalue weighted by Gasteiger charge is -2.22. The fraction of sp³-hybridized carbons (Fsp3) is 0.692. The zero-order chi connectivity index (χ0) is 13.9. The van der Waals surface area contributed by atoms with Gasteiger partial charge in [0.25, 0.3) is 0 Å². The first-order chi connectivity index (χ1) is 9.04. The lowest BCUT2D eigenvalue weighted by Crippen LogP contribution is -2.28. The molecular formula is C13H20ClN3O2. The van der Waals surface area contributed by atoms with Crippen LogP contribution in [0.15, 0.2) is 0 Å². The number of hydrogen-bond acceptors (Lipinski definition) is 5. The second kappa shape index (κ2) is 6.03. The smallest absolute Gasteiger partial charge is 0.167 e. The summed E-state index contributed by atoms with van der Waals surface area (Å²) in [6.45, 7) is 7.87. The molecule has 0 bridgehead atoms. The molecule has 0 saturated carbocycles. The molecule has 0 amide bonds. The highest BCUT2D eigenvalue weighted by Crippen LogP contribution is 2.24. The van der Waals surface area contributed by atoms with Crippen molar-refractivity contribution < 1.29 is 9.47 Å². The molecule has 1 fully saturated rings. The van der Waals surface area contributed by atoms with Gasteiger partial charge in [-0.2, -0.15) is 0 Å². The number of nitrogens with zero attached hydrogens (tertiary/aromatic N) is 2. The van der Waals surface area contributed by atoms with E-state index in [1.165, 1.54) is 0 Å². The predicted molar refractivity (Wildman–Crippen MR) is 74.6 cm³/mol. The van der Waals surface area contributed by atoms with Crippen molar-refractivity contribution in [3.63, 3.8) is 0 Å². The van der Waals surface area contributed by atoms with Crippen LogP contribution in [0.4, 0.5) is 5.82 Å². The van der Waals surface area contributed by atoms with Crippen molar-refractivity contribution in [2.24, 2.45) is 0 Å². The van der Waals surface area contributed by atoms with Crippen LogP contribution in [-0.4, -0.2) is 35.5 Å². The summed E-state index contributed by atoms with van der Waals surface area (Å²) in [5.41, 5.74) is 0.950. The number of aryl methyl sites for hydroxylation is 1. The molecule has 1 aliphatic heterocycles. The Hall–Kier alpha value is -0.910. The Labute approximate surface area is 118 Å². The number of hydrogen-bond donors (Lipinski definition) is 1. The molecule has 1 saturated heterocycles. The molecule has 1 N–H and O–H groups in total. The van der Waals surface area contributed by atoms with Crippen molar-refractivity contribution in [2.45, 2.75) is 39.4 Å². The van der Waals surface area contributed by atoms with Gasteiger partial charge in [-0.15, -0.1) is 0 Å². The van der Waals surface area contributed by atoms with E-state index in [9.17, 15) is 0 Å². The first-order valence-electron chi connectivity index (χ1n) is 6.59. The lowest BCUT2D eigenvalue weighted by molar-refractivity contribution is -0.144. The highest BCUT2D eigenvalue weighted by Gasteiger charge is 2.30. The standard InChI is InChI=1S/C13H20ClN3O2/c1-4-10-11(14)16-9(2)17-12(10)15-6-5-13(3)18-7-8-19-13/h4-8H2,1-3H3,(H,15,16,17). The molecule has 6 heteroatoms. The van der Waals surface area contributed by atoms with Gasteiger partial charge in [-0.3, -0.25) is 0 Å². The number of anilines is 1. The van der Waals surface area contributed by atoms with Crippen LogP contribution >= 0.6 is 11.6 Å². The van der Waals surface area contributed by atoms with E-state index >= 15 is 0 Å².